The second-order valence-corrected chi connectivity index (χ2v) is 5.44. The number of ether oxygens (including phenoxy) is 1. The molecule has 1 heterocycles. The van der Waals surface area contributed by atoms with Gasteiger partial charge in [0.15, 0.2) is 0 Å². The predicted octanol–water partition coefficient (Wildman–Crippen LogP) is 2.34. The van der Waals surface area contributed by atoms with Gasteiger partial charge in [-0.3, -0.25) is 9.59 Å². The predicted molar refractivity (Wildman–Crippen MR) is 90.2 cm³/mol. The molecule has 26 heavy (non-hydrogen) atoms. The van der Waals surface area contributed by atoms with Crippen LogP contribution in [0.4, 0.5) is 10.1 Å². The Morgan fingerprint density at radius 1 is 1.35 bits per heavy atom. The number of rotatable bonds is 5. The highest BCUT2D eigenvalue weighted by Gasteiger charge is 2.26. The van der Waals surface area contributed by atoms with Gasteiger partial charge in [0.2, 0.25) is 0 Å². The second-order valence-electron chi connectivity index (χ2n) is 5.44. The first-order valence-corrected chi connectivity index (χ1v) is 7.68. The van der Waals surface area contributed by atoms with Crippen LogP contribution in [-0.4, -0.2) is 28.8 Å². The second kappa shape index (κ2) is 7.61. The molecule has 0 bridgehead atoms. The van der Waals surface area contributed by atoms with Gasteiger partial charge in [0.25, 0.3) is 11.7 Å². The summed E-state index contributed by atoms with van der Waals surface area (Å²) in [6.45, 7) is 3.18. The Bertz CT molecular complexity index is 941. The summed E-state index contributed by atoms with van der Waals surface area (Å²) in [6.07, 6.45) is 1.41. The fraction of sp³-hybridized carbons (Fsp3) is 0.222. The third-order valence-corrected chi connectivity index (χ3v) is 3.70. The lowest BCUT2D eigenvalue weighted by Crippen LogP contribution is -2.21. The van der Waals surface area contributed by atoms with E-state index in [0.717, 1.165) is 6.07 Å². The van der Waals surface area contributed by atoms with Crippen LogP contribution in [0.5, 0.6) is 0 Å². The van der Waals surface area contributed by atoms with Crippen LogP contribution in [0, 0.1) is 24.1 Å². The van der Waals surface area contributed by atoms with Gasteiger partial charge < -0.3 is 14.6 Å². The summed E-state index contributed by atoms with van der Waals surface area (Å²) in [5.74, 6) is -3.10. The number of anilines is 1. The first kappa shape index (κ1) is 18.9. The number of carbonyl (C=O) groups is 3. The first-order valence-electron chi connectivity index (χ1n) is 7.68. The molecule has 1 aromatic heterocycles. The number of hydrogen-bond acceptors (Lipinski definition) is 5. The Hall–Kier alpha value is -3.47. The molecule has 0 saturated heterocycles. The fourth-order valence-corrected chi connectivity index (χ4v) is 2.49. The van der Waals surface area contributed by atoms with E-state index in [4.69, 9.17) is 10.00 Å². The molecular formula is C18H16FN3O4. The van der Waals surface area contributed by atoms with Gasteiger partial charge in [-0.25, -0.2) is 9.18 Å². The molecule has 0 saturated carbocycles. The van der Waals surface area contributed by atoms with Crippen molar-refractivity contribution in [3.8, 4) is 6.07 Å². The molecule has 0 aliphatic rings. The number of nitrogens with zero attached hydrogens (tertiary/aromatic N) is 2. The minimum Gasteiger partial charge on any atom is -0.460 e. The summed E-state index contributed by atoms with van der Waals surface area (Å²) in [5, 5.41) is 11.4. The lowest BCUT2D eigenvalue weighted by molar-refractivity contribution is -0.137. The lowest BCUT2D eigenvalue weighted by atomic mass is 10.1. The number of amides is 1. The number of nitriles is 1. The number of halogens is 1. The van der Waals surface area contributed by atoms with Crippen molar-refractivity contribution in [2.24, 2.45) is 7.05 Å². The number of aromatic nitrogens is 1. The van der Waals surface area contributed by atoms with Crippen LogP contribution < -0.4 is 5.32 Å². The van der Waals surface area contributed by atoms with Gasteiger partial charge in [-0.2, -0.15) is 5.26 Å². The Balaban J connectivity index is 2.31. The average Bonchev–Trinajstić information content (AvgIpc) is 2.90. The summed E-state index contributed by atoms with van der Waals surface area (Å²) >= 11 is 0. The van der Waals surface area contributed by atoms with E-state index in [1.165, 1.54) is 36.9 Å². The first-order chi connectivity index (χ1) is 12.3. The summed E-state index contributed by atoms with van der Waals surface area (Å²) < 4.78 is 19.4. The van der Waals surface area contributed by atoms with E-state index in [0.29, 0.717) is 5.56 Å². The number of nitrogens with one attached hydrogen (secondary N) is 1. The molecule has 1 amide bonds. The number of ketones is 1. The van der Waals surface area contributed by atoms with E-state index in [9.17, 15) is 18.8 Å². The summed E-state index contributed by atoms with van der Waals surface area (Å²) in [4.78, 5) is 36.3. The monoisotopic (exact) mass is 357 g/mol. The van der Waals surface area contributed by atoms with Gasteiger partial charge in [-0.1, -0.05) is 0 Å². The van der Waals surface area contributed by atoms with Gasteiger partial charge in [-0.15, -0.1) is 0 Å². The number of hydrogen-bond donors (Lipinski definition) is 1. The van der Waals surface area contributed by atoms with Gasteiger partial charge in [0.1, 0.15) is 17.6 Å². The molecule has 1 N–H and O–H groups in total. The quantitative estimate of drug-likeness (QED) is 0.503. The SMILES string of the molecule is CCOC(=O)C(=O)c1c(C)c(C(=O)Nc2ccc(F)c(C#N)c2)cn1C. The zero-order valence-corrected chi connectivity index (χ0v) is 14.4. The van der Waals surface area contributed by atoms with Gasteiger partial charge in [-0.05, 0) is 37.6 Å². The van der Waals surface area contributed by atoms with Crippen LogP contribution in [0.25, 0.3) is 0 Å². The number of benzene rings is 1. The molecule has 0 unspecified atom stereocenters. The van der Waals surface area contributed by atoms with E-state index in [-0.39, 0.29) is 29.1 Å². The maximum absolute atomic E-state index is 13.4. The molecule has 2 aromatic rings. The van der Waals surface area contributed by atoms with Crippen molar-refractivity contribution >= 4 is 23.3 Å². The minimum atomic E-state index is -0.999. The molecule has 0 atom stereocenters. The van der Waals surface area contributed by atoms with Gasteiger partial charge in [0.05, 0.1) is 17.7 Å². The molecule has 8 heteroatoms. The van der Waals surface area contributed by atoms with Crippen LogP contribution >= 0.6 is 0 Å². The lowest BCUT2D eigenvalue weighted by Gasteiger charge is -2.06. The zero-order valence-electron chi connectivity index (χ0n) is 14.4. The van der Waals surface area contributed by atoms with Crippen molar-refractivity contribution in [3.63, 3.8) is 0 Å². The highest BCUT2D eigenvalue weighted by atomic mass is 19.1. The molecule has 0 fully saturated rings. The van der Waals surface area contributed by atoms with Crippen molar-refractivity contribution in [1.82, 2.24) is 4.57 Å². The van der Waals surface area contributed by atoms with E-state index < -0.39 is 23.5 Å². The van der Waals surface area contributed by atoms with Gasteiger partial charge >= 0.3 is 5.97 Å². The van der Waals surface area contributed by atoms with E-state index in [1.807, 2.05) is 0 Å². The number of aryl methyl sites for hydroxylation is 1. The van der Waals surface area contributed by atoms with Crippen molar-refractivity contribution in [2.45, 2.75) is 13.8 Å². The smallest absolute Gasteiger partial charge is 0.381 e. The Labute approximate surface area is 149 Å². The van der Waals surface area contributed by atoms with Crippen molar-refractivity contribution in [2.75, 3.05) is 11.9 Å². The topological polar surface area (TPSA) is 101 Å². The van der Waals surface area contributed by atoms with Crippen LogP contribution in [0.1, 0.15) is 38.9 Å². The molecule has 7 nitrogen and oxygen atoms in total. The molecule has 0 aliphatic heterocycles. The summed E-state index contributed by atoms with van der Waals surface area (Å²) in [7, 11) is 1.53. The Morgan fingerprint density at radius 2 is 2.04 bits per heavy atom. The van der Waals surface area contributed by atoms with Crippen molar-refractivity contribution in [3.05, 3.63) is 52.6 Å². The molecule has 134 valence electrons. The Kier molecular flexibility index (Phi) is 5.52. The van der Waals surface area contributed by atoms with Crippen LogP contribution in [-0.2, 0) is 16.6 Å². The molecule has 0 radical (unpaired) electrons. The van der Waals surface area contributed by atoms with Crippen LogP contribution in [0.2, 0.25) is 0 Å². The standard InChI is InChI=1S/C18H16FN3O4/c1-4-26-18(25)16(23)15-10(2)13(9-22(15)3)17(24)21-12-5-6-14(19)11(7-12)8-20/h5-7,9H,4H2,1-3H3,(H,21,24). The fourth-order valence-electron chi connectivity index (χ4n) is 2.49. The van der Waals surface area contributed by atoms with E-state index in [2.05, 4.69) is 5.32 Å². The van der Waals surface area contributed by atoms with E-state index in [1.54, 1.807) is 13.0 Å². The molecule has 0 spiro atoms. The maximum atomic E-state index is 13.4. The third-order valence-electron chi connectivity index (χ3n) is 3.70. The number of esters is 1. The Morgan fingerprint density at radius 3 is 2.65 bits per heavy atom. The molecular weight excluding hydrogens is 341 g/mol. The van der Waals surface area contributed by atoms with Gasteiger partial charge in [0, 0.05) is 18.9 Å². The van der Waals surface area contributed by atoms with Crippen molar-refractivity contribution in [1.29, 1.82) is 5.26 Å². The highest BCUT2D eigenvalue weighted by molar-refractivity contribution is 6.40. The minimum absolute atomic E-state index is 0.0467. The molecule has 2 rings (SSSR count). The number of carbonyl (C=O) groups excluding carboxylic acids is 3. The van der Waals surface area contributed by atoms with Crippen LogP contribution in [0.3, 0.4) is 0 Å². The van der Waals surface area contributed by atoms with Crippen molar-refractivity contribution < 1.29 is 23.5 Å². The average molecular weight is 357 g/mol. The van der Waals surface area contributed by atoms with Crippen LogP contribution in [0.15, 0.2) is 24.4 Å². The summed E-state index contributed by atoms with van der Waals surface area (Å²) in [6, 6.07) is 5.28. The number of Topliss-reactive ketones (excluding diaryl/α,β-unsaturated/α-hetero) is 1. The molecule has 0 aliphatic carbocycles. The largest absolute Gasteiger partial charge is 0.460 e. The summed E-state index contributed by atoms with van der Waals surface area (Å²) in [5.41, 5.74) is 0.555. The highest BCUT2D eigenvalue weighted by Crippen LogP contribution is 2.20. The van der Waals surface area contributed by atoms with E-state index >= 15 is 0 Å². The maximum Gasteiger partial charge on any atom is 0.381 e. The zero-order chi connectivity index (χ0) is 19.4. The normalized spacial score (nSPS) is 10.1. The third kappa shape index (κ3) is 3.62. The molecule has 1 aromatic carbocycles.